The highest BCUT2D eigenvalue weighted by Crippen LogP contribution is 2.39. The van der Waals surface area contributed by atoms with E-state index in [1.165, 1.54) is 0 Å². The van der Waals surface area contributed by atoms with Crippen LogP contribution in [0.1, 0.15) is 116 Å². The van der Waals surface area contributed by atoms with E-state index in [4.69, 9.17) is 30.1 Å². The molecule has 0 aliphatic heterocycles. The molecule has 2 atom stereocenters. The summed E-state index contributed by atoms with van der Waals surface area (Å²) in [5, 5.41) is 22.6. The number of fused-ring (bicyclic) bond motifs is 2. The van der Waals surface area contributed by atoms with E-state index in [9.17, 15) is 29.4 Å². The number of hydrogen-bond donors (Lipinski definition) is 4. The summed E-state index contributed by atoms with van der Waals surface area (Å²) in [6, 6.07) is 3.19. The number of benzene rings is 2. The molecule has 57 heavy (non-hydrogen) atoms. The standard InChI is InChI=1S/C45H64N2O10/c1-29(2)14-16-35-37(26-48)39(56-21-9-13-34(51)23-32(11-7-19-47)27-54-28-49)25-40-42(35)45(53)43-41(57-40)24-38(36(44(43)52)17-15-30(3)4)55-20-8-12-33(50)22-31(5)10-6-18-46/h14-15,24-25,28,31-32,48,52H,6-13,16-23,26-27,46-47H2,1-5H3/t31-,32-/m0/s1. The maximum Gasteiger partial charge on any atom is 0.293 e. The molecule has 3 aromatic rings. The molecule has 2 aromatic carbocycles. The number of nitrogens with two attached hydrogens (primary N) is 2. The van der Waals surface area contributed by atoms with Gasteiger partial charge in [0.05, 0.1) is 31.8 Å². The van der Waals surface area contributed by atoms with Crippen molar-refractivity contribution in [2.24, 2.45) is 23.3 Å². The molecule has 1 aromatic heterocycles. The lowest BCUT2D eigenvalue weighted by atomic mass is 9.95. The van der Waals surface area contributed by atoms with Crippen LogP contribution in [0.25, 0.3) is 21.9 Å². The van der Waals surface area contributed by atoms with Crippen molar-refractivity contribution < 1.29 is 43.2 Å². The first-order valence-corrected chi connectivity index (χ1v) is 20.3. The molecule has 3 rings (SSSR count). The molecule has 0 aliphatic carbocycles. The number of phenols is 1. The van der Waals surface area contributed by atoms with Gasteiger partial charge in [0.25, 0.3) is 6.47 Å². The first-order valence-electron chi connectivity index (χ1n) is 20.3. The van der Waals surface area contributed by atoms with Crippen molar-refractivity contribution in [1.82, 2.24) is 0 Å². The van der Waals surface area contributed by atoms with E-state index in [1.54, 1.807) is 12.1 Å². The molecular formula is C45H64N2O10. The molecule has 0 bridgehead atoms. The van der Waals surface area contributed by atoms with Crippen LogP contribution in [0.5, 0.6) is 17.2 Å². The van der Waals surface area contributed by atoms with Gasteiger partial charge < -0.3 is 40.3 Å². The van der Waals surface area contributed by atoms with Gasteiger partial charge in [-0.1, -0.05) is 30.2 Å². The molecule has 0 amide bonds. The fourth-order valence-electron chi connectivity index (χ4n) is 6.94. The van der Waals surface area contributed by atoms with Crippen molar-refractivity contribution in [3.05, 3.63) is 62.3 Å². The summed E-state index contributed by atoms with van der Waals surface area (Å²) < 4.78 is 23.7. The van der Waals surface area contributed by atoms with E-state index in [-0.39, 0.29) is 83.8 Å². The maximum absolute atomic E-state index is 14.5. The van der Waals surface area contributed by atoms with Gasteiger partial charge in [-0.05, 0) is 104 Å². The van der Waals surface area contributed by atoms with Gasteiger partial charge in [0.15, 0.2) is 0 Å². The van der Waals surface area contributed by atoms with E-state index in [0.717, 1.165) is 30.4 Å². The van der Waals surface area contributed by atoms with Crippen molar-refractivity contribution in [3.8, 4) is 17.2 Å². The summed E-state index contributed by atoms with van der Waals surface area (Å²) in [7, 11) is 0. The topological polar surface area (TPSA) is 202 Å². The highest BCUT2D eigenvalue weighted by atomic mass is 16.5. The first kappa shape index (κ1) is 46.9. The molecule has 0 aliphatic rings. The van der Waals surface area contributed by atoms with Gasteiger partial charge >= 0.3 is 0 Å². The fourth-order valence-corrected chi connectivity index (χ4v) is 6.94. The van der Waals surface area contributed by atoms with Crippen LogP contribution in [0.4, 0.5) is 0 Å². The minimum absolute atomic E-state index is 0.00600. The minimum Gasteiger partial charge on any atom is -0.507 e. The minimum atomic E-state index is -0.449. The lowest BCUT2D eigenvalue weighted by Gasteiger charge is -2.18. The Balaban J connectivity index is 1.98. The molecule has 0 unspecified atom stereocenters. The molecule has 1 heterocycles. The van der Waals surface area contributed by atoms with Gasteiger partial charge in [-0.15, -0.1) is 0 Å². The second-order valence-corrected chi connectivity index (χ2v) is 15.5. The SMILES string of the molecule is CC(C)=CCc1c(OCCCC(=O)C[C@@H](C)CCCN)cc2oc3cc(OCCCC(=O)C[C@H](CCCN)COC=O)c(CO)c(CC=C(C)C)c3c(=O)c2c1O. The summed E-state index contributed by atoms with van der Waals surface area (Å²) in [5.74, 6) is 0.768. The lowest BCUT2D eigenvalue weighted by molar-refractivity contribution is -0.131. The van der Waals surface area contributed by atoms with Crippen LogP contribution in [-0.4, -0.2) is 61.2 Å². The number of aromatic hydroxyl groups is 1. The largest absolute Gasteiger partial charge is 0.507 e. The maximum atomic E-state index is 14.5. The van der Waals surface area contributed by atoms with Crippen LogP contribution in [0.15, 0.2) is 44.6 Å². The molecule has 12 nitrogen and oxygen atoms in total. The highest BCUT2D eigenvalue weighted by molar-refractivity contribution is 5.97. The van der Waals surface area contributed by atoms with Crippen LogP contribution in [-0.2, 0) is 38.6 Å². The van der Waals surface area contributed by atoms with Crippen molar-refractivity contribution in [3.63, 3.8) is 0 Å². The van der Waals surface area contributed by atoms with Crippen molar-refractivity contribution in [1.29, 1.82) is 0 Å². The third-order valence-corrected chi connectivity index (χ3v) is 9.99. The molecule has 314 valence electrons. The van der Waals surface area contributed by atoms with Gasteiger partial charge in [-0.3, -0.25) is 19.2 Å². The summed E-state index contributed by atoms with van der Waals surface area (Å²) in [6.07, 6.45) is 9.91. The van der Waals surface area contributed by atoms with Gasteiger partial charge in [0, 0.05) is 54.9 Å². The van der Waals surface area contributed by atoms with Gasteiger partial charge in [0.2, 0.25) is 5.43 Å². The third-order valence-electron chi connectivity index (χ3n) is 9.99. The number of ketones is 2. The Morgan fingerprint density at radius 1 is 0.789 bits per heavy atom. The summed E-state index contributed by atoms with van der Waals surface area (Å²) in [5.41, 5.74) is 14.5. The van der Waals surface area contributed by atoms with E-state index in [0.29, 0.717) is 92.7 Å². The Morgan fingerprint density at radius 2 is 1.33 bits per heavy atom. The fraction of sp³-hybridized carbons (Fsp3) is 0.556. The number of carbonyl (C=O) groups is 3. The summed E-state index contributed by atoms with van der Waals surface area (Å²) >= 11 is 0. The summed E-state index contributed by atoms with van der Waals surface area (Å²) in [4.78, 5) is 50.6. The second kappa shape index (κ2) is 24.3. The average Bonchev–Trinajstić information content (AvgIpc) is 3.16. The lowest BCUT2D eigenvalue weighted by Crippen LogP contribution is -2.16. The van der Waals surface area contributed by atoms with Gasteiger partial charge in [-0.2, -0.15) is 0 Å². The molecule has 12 heteroatoms. The van der Waals surface area contributed by atoms with Crippen LogP contribution in [0, 0.1) is 11.8 Å². The molecule has 0 fully saturated rings. The van der Waals surface area contributed by atoms with Gasteiger partial charge in [-0.25, -0.2) is 0 Å². The van der Waals surface area contributed by atoms with Crippen molar-refractivity contribution >= 4 is 40.0 Å². The quantitative estimate of drug-likeness (QED) is 0.0248. The second-order valence-electron chi connectivity index (χ2n) is 15.5. The van der Waals surface area contributed by atoms with E-state index in [2.05, 4.69) is 6.92 Å². The summed E-state index contributed by atoms with van der Waals surface area (Å²) in [6.45, 7) is 11.4. The normalized spacial score (nSPS) is 12.3. The Morgan fingerprint density at radius 3 is 1.89 bits per heavy atom. The van der Waals surface area contributed by atoms with Crippen LogP contribution in [0.3, 0.4) is 0 Å². The third kappa shape index (κ3) is 14.4. The van der Waals surface area contributed by atoms with Crippen LogP contribution in [0.2, 0.25) is 0 Å². The van der Waals surface area contributed by atoms with Gasteiger partial charge in [0.1, 0.15) is 45.4 Å². The van der Waals surface area contributed by atoms with Crippen LogP contribution >= 0.6 is 0 Å². The zero-order valence-electron chi connectivity index (χ0n) is 34.6. The Kier molecular flexibility index (Phi) is 20.0. The Bertz CT molecular complexity index is 1920. The first-order chi connectivity index (χ1) is 27.3. The number of allylic oxidation sites excluding steroid dienone is 4. The number of aliphatic hydroxyl groups is 1. The molecule has 0 spiro atoms. The number of Topliss-reactive ketones (excluding diaryl/α,β-unsaturated/α-hetero) is 2. The van der Waals surface area contributed by atoms with E-state index < -0.39 is 12.0 Å². The number of aliphatic hydroxyl groups excluding tert-OH is 1. The Labute approximate surface area is 336 Å². The monoisotopic (exact) mass is 792 g/mol. The molecule has 6 N–H and O–H groups in total. The van der Waals surface area contributed by atoms with Crippen molar-refractivity contribution in [2.45, 2.75) is 118 Å². The highest BCUT2D eigenvalue weighted by Gasteiger charge is 2.24. The number of phenolic OH excluding ortho intramolecular Hbond substituents is 1. The zero-order valence-corrected chi connectivity index (χ0v) is 34.6. The molecule has 0 saturated carbocycles. The van der Waals surface area contributed by atoms with E-state index in [1.807, 2.05) is 39.8 Å². The number of hydrogen-bond acceptors (Lipinski definition) is 12. The predicted octanol–water partition coefficient (Wildman–Crippen LogP) is 7.30. The number of ether oxygens (including phenoxy) is 3. The molecule has 0 radical (unpaired) electrons. The number of rotatable bonds is 28. The van der Waals surface area contributed by atoms with E-state index >= 15 is 0 Å². The average molecular weight is 793 g/mol. The number of carbonyl (C=O) groups excluding carboxylic acids is 3. The smallest absolute Gasteiger partial charge is 0.293 e. The Hall–Kier alpha value is -4.52. The van der Waals surface area contributed by atoms with Crippen LogP contribution < -0.4 is 26.4 Å². The predicted molar refractivity (Wildman–Crippen MR) is 224 cm³/mol. The zero-order chi connectivity index (χ0) is 41.9. The molecule has 0 saturated heterocycles. The molecular weight excluding hydrogens is 728 g/mol. The van der Waals surface area contributed by atoms with Crippen molar-refractivity contribution in [2.75, 3.05) is 32.9 Å².